The largest absolute Gasteiger partial charge is 0.316 e. The van der Waals surface area contributed by atoms with E-state index in [1.54, 1.807) is 0 Å². The van der Waals surface area contributed by atoms with E-state index in [1.807, 2.05) is 0 Å². The van der Waals surface area contributed by atoms with Gasteiger partial charge in [-0.2, -0.15) is 0 Å². The summed E-state index contributed by atoms with van der Waals surface area (Å²) in [5, 5.41) is 3.64. The Morgan fingerprint density at radius 2 is 1.60 bits per heavy atom. The summed E-state index contributed by atoms with van der Waals surface area (Å²) in [5.41, 5.74) is 0. The molecule has 1 unspecified atom stereocenters. The highest BCUT2D eigenvalue weighted by molar-refractivity contribution is 4.79. The smallest absolute Gasteiger partial charge is 0.00153 e. The summed E-state index contributed by atoms with van der Waals surface area (Å²) < 4.78 is 0. The van der Waals surface area contributed by atoms with E-state index in [-0.39, 0.29) is 0 Å². The molecule has 0 heterocycles. The van der Waals surface area contributed by atoms with E-state index < -0.39 is 0 Å². The van der Waals surface area contributed by atoms with E-state index in [9.17, 15) is 0 Å². The first-order valence-corrected chi connectivity index (χ1v) is 6.82. The minimum Gasteiger partial charge on any atom is -0.316 e. The fourth-order valence-electron chi connectivity index (χ4n) is 2.87. The first-order chi connectivity index (χ1) is 7.11. The van der Waals surface area contributed by atoms with Gasteiger partial charge in [0.25, 0.3) is 0 Å². The molecule has 1 fully saturated rings. The molecule has 0 radical (unpaired) electrons. The van der Waals surface area contributed by atoms with Gasteiger partial charge < -0.3 is 5.32 Å². The van der Waals surface area contributed by atoms with Crippen LogP contribution >= 0.6 is 0 Å². The van der Waals surface area contributed by atoms with Crippen LogP contribution < -0.4 is 5.32 Å². The molecule has 1 nitrogen and oxygen atoms in total. The van der Waals surface area contributed by atoms with Crippen molar-refractivity contribution < 1.29 is 0 Å². The van der Waals surface area contributed by atoms with Crippen LogP contribution in [0.1, 0.15) is 53.4 Å². The van der Waals surface area contributed by atoms with Crippen LogP contribution in [0.25, 0.3) is 0 Å². The fourth-order valence-corrected chi connectivity index (χ4v) is 2.87. The van der Waals surface area contributed by atoms with E-state index >= 15 is 0 Å². The molecule has 0 spiro atoms. The minimum atomic E-state index is 0.779. The molecule has 0 aliphatic heterocycles. The minimum absolute atomic E-state index is 0.779. The van der Waals surface area contributed by atoms with Crippen LogP contribution in [0.2, 0.25) is 0 Å². The van der Waals surface area contributed by atoms with E-state index in [0.29, 0.717) is 0 Å². The van der Waals surface area contributed by atoms with Crippen molar-refractivity contribution in [2.75, 3.05) is 13.1 Å². The predicted octanol–water partition coefficient (Wildman–Crippen LogP) is 3.69. The van der Waals surface area contributed by atoms with Gasteiger partial charge in [0.15, 0.2) is 0 Å². The van der Waals surface area contributed by atoms with Crippen molar-refractivity contribution in [3.8, 4) is 0 Å². The lowest BCUT2D eigenvalue weighted by Gasteiger charge is -2.27. The Kier molecular flexibility index (Phi) is 5.66. The lowest BCUT2D eigenvalue weighted by atomic mass is 9.82. The SMILES string of the molecule is CC(C)CNCC(C(C)C)C1CCCC1. The molecular weight excluding hydrogens is 182 g/mol. The van der Waals surface area contributed by atoms with Gasteiger partial charge in [-0.1, -0.05) is 53.4 Å². The first kappa shape index (κ1) is 13.0. The molecule has 1 rings (SSSR count). The molecule has 0 saturated heterocycles. The zero-order valence-electron chi connectivity index (χ0n) is 11.1. The molecule has 0 aromatic rings. The Hall–Kier alpha value is -0.0400. The van der Waals surface area contributed by atoms with Crippen LogP contribution in [0.15, 0.2) is 0 Å². The highest BCUT2D eigenvalue weighted by atomic mass is 14.9. The van der Waals surface area contributed by atoms with Crippen LogP contribution in [0.4, 0.5) is 0 Å². The van der Waals surface area contributed by atoms with Crippen molar-refractivity contribution >= 4 is 0 Å². The number of nitrogens with one attached hydrogen (secondary N) is 1. The molecule has 90 valence electrons. The molecule has 1 atom stereocenters. The summed E-state index contributed by atoms with van der Waals surface area (Å²) in [7, 11) is 0. The summed E-state index contributed by atoms with van der Waals surface area (Å²) in [6.07, 6.45) is 5.90. The van der Waals surface area contributed by atoms with Crippen molar-refractivity contribution in [2.24, 2.45) is 23.7 Å². The van der Waals surface area contributed by atoms with Crippen LogP contribution in [0.5, 0.6) is 0 Å². The second-order valence-corrected chi connectivity index (χ2v) is 6.00. The van der Waals surface area contributed by atoms with Crippen LogP contribution in [0.3, 0.4) is 0 Å². The van der Waals surface area contributed by atoms with E-state index in [0.717, 1.165) is 23.7 Å². The maximum atomic E-state index is 3.64. The van der Waals surface area contributed by atoms with Crippen LogP contribution in [-0.4, -0.2) is 13.1 Å². The first-order valence-electron chi connectivity index (χ1n) is 6.82. The number of hydrogen-bond donors (Lipinski definition) is 1. The zero-order valence-corrected chi connectivity index (χ0v) is 11.1. The summed E-state index contributed by atoms with van der Waals surface area (Å²) in [6.45, 7) is 11.8. The maximum absolute atomic E-state index is 3.64. The Morgan fingerprint density at radius 1 is 1.00 bits per heavy atom. The molecule has 0 amide bonds. The third kappa shape index (κ3) is 4.55. The van der Waals surface area contributed by atoms with Gasteiger partial charge in [-0.25, -0.2) is 0 Å². The molecule has 1 aliphatic rings. The Labute approximate surface area is 96.0 Å². The quantitative estimate of drug-likeness (QED) is 0.706. The standard InChI is InChI=1S/C14H29N/c1-11(2)9-15-10-14(12(3)4)13-7-5-6-8-13/h11-15H,5-10H2,1-4H3. The van der Waals surface area contributed by atoms with Gasteiger partial charge in [0.1, 0.15) is 0 Å². The number of rotatable bonds is 6. The Balaban J connectivity index is 2.30. The van der Waals surface area contributed by atoms with Crippen LogP contribution in [-0.2, 0) is 0 Å². The second-order valence-electron chi connectivity index (χ2n) is 6.00. The monoisotopic (exact) mass is 211 g/mol. The van der Waals surface area contributed by atoms with Gasteiger partial charge in [0.2, 0.25) is 0 Å². The summed E-state index contributed by atoms with van der Waals surface area (Å²) >= 11 is 0. The zero-order chi connectivity index (χ0) is 11.3. The third-order valence-electron chi connectivity index (χ3n) is 3.79. The normalized spacial score (nSPS) is 20.4. The lowest BCUT2D eigenvalue weighted by molar-refractivity contribution is 0.245. The van der Waals surface area contributed by atoms with Gasteiger partial charge in [0.05, 0.1) is 0 Å². The molecule has 1 saturated carbocycles. The predicted molar refractivity (Wildman–Crippen MR) is 68.0 cm³/mol. The van der Waals surface area contributed by atoms with Gasteiger partial charge >= 0.3 is 0 Å². The molecule has 0 bridgehead atoms. The lowest BCUT2D eigenvalue weighted by Crippen LogP contribution is -2.32. The van der Waals surface area contributed by atoms with Crippen molar-refractivity contribution in [3.05, 3.63) is 0 Å². The van der Waals surface area contributed by atoms with Crippen molar-refractivity contribution in [2.45, 2.75) is 53.4 Å². The molecule has 1 heteroatoms. The maximum Gasteiger partial charge on any atom is -0.00153 e. The van der Waals surface area contributed by atoms with Crippen LogP contribution in [0, 0.1) is 23.7 Å². The Bertz CT molecular complexity index is 157. The highest BCUT2D eigenvalue weighted by Gasteiger charge is 2.26. The fraction of sp³-hybridized carbons (Fsp3) is 1.00. The summed E-state index contributed by atoms with van der Waals surface area (Å²) in [4.78, 5) is 0. The van der Waals surface area contributed by atoms with Gasteiger partial charge in [-0.3, -0.25) is 0 Å². The van der Waals surface area contributed by atoms with Gasteiger partial charge in [-0.05, 0) is 36.8 Å². The molecule has 1 N–H and O–H groups in total. The van der Waals surface area contributed by atoms with Crippen molar-refractivity contribution in [1.82, 2.24) is 5.32 Å². The molecule has 0 aromatic heterocycles. The third-order valence-corrected chi connectivity index (χ3v) is 3.79. The molecule has 15 heavy (non-hydrogen) atoms. The summed E-state index contributed by atoms with van der Waals surface area (Å²) in [5.74, 6) is 3.53. The van der Waals surface area contributed by atoms with E-state index in [4.69, 9.17) is 0 Å². The van der Waals surface area contributed by atoms with Crippen molar-refractivity contribution in [1.29, 1.82) is 0 Å². The molecule has 0 aromatic carbocycles. The Morgan fingerprint density at radius 3 is 2.07 bits per heavy atom. The van der Waals surface area contributed by atoms with E-state index in [1.165, 1.54) is 38.8 Å². The number of hydrogen-bond acceptors (Lipinski definition) is 1. The van der Waals surface area contributed by atoms with Gasteiger partial charge in [-0.15, -0.1) is 0 Å². The van der Waals surface area contributed by atoms with Crippen molar-refractivity contribution in [3.63, 3.8) is 0 Å². The summed E-state index contributed by atoms with van der Waals surface area (Å²) in [6, 6.07) is 0. The highest BCUT2D eigenvalue weighted by Crippen LogP contribution is 2.34. The van der Waals surface area contributed by atoms with E-state index in [2.05, 4.69) is 33.0 Å². The van der Waals surface area contributed by atoms with Gasteiger partial charge in [0, 0.05) is 0 Å². The molecule has 1 aliphatic carbocycles. The average molecular weight is 211 g/mol. The molecular formula is C14H29N. The second kappa shape index (κ2) is 6.52. The topological polar surface area (TPSA) is 12.0 Å². The average Bonchev–Trinajstić information content (AvgIpc) is 2.63.